The van der Waals surface area contributed by atoms with E-state index in [-0.39, 0.29) is 12.8 Å². The molecule has 0 fully saturated rings. The number of carboxylic acid groups (broad SMARTS) is 2. The number of carboxylic acids is 2. The topological polar surface area (TPSA) is 132 Å². The summed E-state index contributed by atoms with van der Waals surface area (Å²) in [5.74, 6) is -1.73. The second-order valence-electron chi connectivity index (χ2n) is 8.28. The van der Waals surface area contributed by atoms with E-state index in [4.69, 9.17) is 0 Å². The summed E-state index contributed by atoms with van der Waals surface area (Å²) in [6, 6.07) is 11.5. The lowest BCUT2D eigenvalue weighted by Gasteiger charge is -1.97. The van der Waals surface area contributed by atoms with Gasteiger partial charge in [0.05, 0.1) is 22.8 Å². The van der Waals surface area contributed by atoms with Gasteiger partial charge in [-0.1, -0.05) is 0 Å². The minimum Gasteiger partial charge on any atom is -0.481 e. The second-order valence-corrected chi connectivity index (χ2v) is 8.28. The van der Waals surface area contributed by atoms with Crippen molar-refractivity contribution < 1.29 is 19.8 Å². The second kappa shape index (κ2) is 8.82. The smallest absolute Gasteiger partial charge is 0.303 e. The molecule has 5 rings (SSSR count). The Morgan fingerprint density at radius 1 is 0.618 bits per heavy atom. The van der Waals surface area contributed by atoms with Crippen LogP contribution < -0.4 is 0 Å². The molecule has 0 spiro atoms. The van der Waals surface area contributed by atoms with Gasteiger partial charge in [-0.3, -0.25) is 9.59 Å². The number of aryl methyl sites for hydroxylation is 2. The van der Waals surface area contributed by atoms with Crippen molar-refractivity contribution in [1.82, 2.24) is 19.9 Å². The maximum Gasteiger partial charge on any atom is 0.303 e. The lowest BCUT2D eigenvalue weighted by Crippen LogP contribution is -1.97. The van der Waals surface area contributed by atoms with Crippen molar-refractivity contribution in [3.8, 4) is 0 Å². The summed E-state index contributed by atoms with van der Waals surface area (Å²) in [6.07, 6.45) is 8.43. The molecule has 0 aliphatic carbocycles. The highest BCUT2D eigenvalue weighted by molar-refractivity contribution is 5.80. The van der Waals surface area contributed by atoms with Crippen molar-refractivity contribution >= 4 is 58.3 Å². The van der Waals surface area contributed by atoms with E-state index < -0.39 is 11.9 Å². The molecule has 3 aromatic rings. The van der Waals surface area contributed by atoms with Crippen molar-refractivity contribution in [2.24, 2.45) is 0 Å². The van der Waals surface area contributed by atoms with Gasteiger partial charge in [0.2, 0.25) is 0 Å². The molecule has 0 saturated carbocycles. The van der Waals surface area contributed by atoms with Gasteiger partial charge in [0.25, 0.3) is 0 Å². The number of carbonyl (C=O) groups is 2. The van der Waals surface area contributed by atoms with Gasteiger partial charge in [-0.2, -0.15) is 0 Å². The van der Waals surface area contributed by atoms with Crippen LogP contribution in [0, 0.1) is 0 Å². The Morgan fingerprint density at radius 2 is 1.03 bits per heavy atom. The summed E-state index contributed by atoms with van der Waals surface area (Å²) in [6.45, 7) is 0. The summed E-state index contributed by atoms with van der Waals surface area (Å²) in [5, 5.41) is 18.4. The highest BCUT2D eigenvalue weighted by Gasteiger charge is 2.09. The highest BCUT2D eigenvalue weighted by atomic mass is 16.4. The summed E-state index contributed by atoms with van der Waals surface area (Å²) in [7, 11) is 0. The molecule has 0 unspecified atom stereocenters. The maximum atomic E-state index is 11.2. The van der Waals surface area contributed by atoms with E-state index in [1.54, 1.807) is 0 Å². The van der Waals surface area contributed by atoms with E-state index >= 15 is 0 Å². The van der Waals surface area contributed by atoms with Gasteiger partial charge >= 0.3 is 11.9 Å². The van der Waals surface area contributed by atoms with E-state index in [2.05, 4.69) is 19.9 Å². The third-order valence-corrected chi connectivity index (χ3v) is 5.68. The Bertz CT molecular complexity index is 1410. The molecule has 8 nitrogen and oxygen atoms in total. The monoisotopic (exact) mass is 454 g/mol. The molecule has 2 aliphatic heterocycles. The van der Waals surface area contributed by atoms with E-state index in [0.29, 0.717) is 12.8 Å². The van der Waals surface area contributed by atoms with Gasteiger partial charge in [-0.15, -0.1) is 0 Å². The number of nitrogens with one attached hydrogen (secondary N) is 2. The highest BCUT2D eigenvalue weighted by Crippen LogP contribution is 2.22. The number of nitrogens with zero attached hydrogens (tertiary/aromatic N) is 2. The minimum atomic E-state index is -0.866. The molecule has 4 N–H and O–H groups in total. The van der Waals surface area contributed by atoms with Gasteiger partial charge in [0.1, 0.15) is 0 Å². The van der Waals surface area contributed by atoms with Crippen LogP contribution in [0.15, 0.2) is 36.4 Å². The Balaban J connectivity index is 1.77. The van der Waals surface area contributed by atoms with Crippen molar-refractivity contribution in [2.75, 3.05) is 0 Å². The van der Waals surface area contributed by atoms with Crippen LogP contribution in [0.1, 0.15) is 46.7 Å². The summed E-state index contributed by atoms with van der Waals surface area (Å²) >= 11 is 0. The molecule has 0 atom stereocenters. The van der Waals surface area contributed by atoms with Crippen LogP contribution in [0.2, 0.25) is 0 Å². The lowest BCUT2D eigenvalue weighted by molar-refractivity contribution is -0.138. The Kier molecular flexibility index (Phi) is 5.55. The molecule has 34 heavy (non-hydrogen) atoms. The minimum absolute atomic E-state index is 0.00621. The van der Waals surface area contributed by atoms with Gasteiger partial charge < -0.3 is 20.2 Å². The van der Waals surface area contributed by atoms with E-state index in [0.717, 1.165) is 56.0 Å². The molecule has 8 heteroatoms. The Morgan fingerprint density at radius 3 is 1.44 bits per heavy atom. The van der Waals surface area contributed by atoms with E-state index in [1.807, 2.05) is 60.7 Å². The molecule has 5 heterocycles. The van der Waals surface area contributed by atoms with Crippen LogP contribution >= 0.6 is 0 Å². The van der Waals surface area contributed by atoms with Gasteiger partial charge in [-0.25, -0.2) is 9.97 Å². The first-order chi connectivity index (χ1) is 16.4. The zero-order chi connectivity index (χ0) is 23.7. The third-order valence-electron chi connectivity index (χ3n) is 5.68. The third kappa shape index (κ3) is 4.80. The maximum absolute atomic E-state index is 11.2. The van der Waals surface area contributed by atoms with Crippen molar-refractivity contribution in [1.29, 1.82) is 0 Å². The standard InChI is InChI=1S/C26H22N4O4/c31-25(32)7-1-15-9-21-12-19-5-3-17(27-19)11-18-4-6-20(28-18)13-22-10-16(2-8-26(33)34)24(30-22)14-23(15)29-21/h3-6,9-14,29-30H,1-2,7-8H2,(H,31,32)(H,33,34). The van der Waals surface area contributed by atoms with Gasteiger partial charge in [0, 0.05) is 34.9 Å². The molecule has 3 aromatic heterocycles. The number of fused-ring (bicyclic) bond motifs is 8. The SMILES string of the molecule is O=C(O)CCc1cc2cc3nc(cc4nc(cc5cc(CCC(=O)O)c(cc1[nH]2)[nH]5)C=C4)C=C3. The quantitative estimate of drug-likeness (QED) is 0.294. The molecule has 0 amide bonds. The van der Waals surface area contributed by atoms with Crippen LogP contribution in [0.25, 0.3) is 46.4 Å². The van der Waals surface area contributed by atoms with Gasteiger partial charge in [0.15, 0.2) is 0 Å². The van der Waals surface area contributed by atoms with Crippen LogP contribution in [-0.2, 0) is 22.4 Å². The Labute approximate surface area is 194 Å². The normalized spacial score (nSPS) is 12.2. The number of H-pyrrole nitrogens is 2. The van der Waals surface area contributed by atoms with Crippen molar-refractivity contribution in [2.45, 2.75) is 25.7 Å². The number of aromatic nitrogens is 4. The van der Waals surface area contributed by atoms with Gasteiger partial charge in [-0.05, 0) is 84.7 Å². The largest absolute Gasteiger partial charge is 0.481 e. The zero-order valence-electron chi connectivity index (χ0n) is 18.2. The molecule has 8 bridgehead atoms. The van der Waals surface area contributed by atoms with Crippen molar-refractivity contribution in [3.05, 3.63) is 70.3 Å². The van der Waals surface area contributed by atoms with Crippen molar-refractivity contribution in [3.63, 3.8) is 0 Å². The predicted molar refractivity (Wildman–Crippen MR) is 131 cm³/mol. The molecule has 0 saturated heterocycles. The summed E-state index contributed by atoms with van der Waals surface area (Å²) in [5.41, 5.74) is 8.04. The number of aromatic amines is 2. The first kappa shape index (κ1) is 21.4. The summed E-state index contributed by atoms with van der Waals surface area (Å²) in [4.78, 5) is 38.4. The molecule has 2 aliphatic rings. The molecule has 0 aromatic carbocycles. The first-order valence-corrected chi connectivity index (χ1v) is 10.9. The molecule has 170 valence electrons. The lowest BCUT2D eigenvalue weighted by atomic mass is 10.1. The molecular formula is C26H22N4O4. The molecule has 0 radical (unpaired) electrons. The number of rotatable bonds is 6. The van der Waals surface area contributed by atoms with Crippen LogP contribution in [0.4, 0.5) is 0 Å². The van der Waals surface area contributed by atoms with E-state index in [1.165, 1.54) is 0 Å². The fourth-order valence-electron chi connectivity index (χ4n) is 4.11. The average Bonchev–Trinajstić information content (AvgIpc) is 3.55. The van der Waals surface area contributed by atoms with Crippen LogP contribution in [0.3, 0.4) is 0 Å². The first-order valence-electron chi connectivity index (χ1n) is 10.9. The predicted octanol–water partition coefficient (Wildman–Crippen LogP) is 4.69. The van der Waals surface area contributed by atoms with E-state index in [9.17, 15) is 19.8 Å². The number of aliphatic carboxylic acids is 2. The average molecular weight is 454 g/mol. The van der Waals surface area contributed by atoms with Crippen LogP contribution in [0.5, 0.6) is 0 Å². The zero-order valence-corrected chi connectivity index (χ0v) is 18.2. The van der Waals surface area contributed by atoms with Crippen LogP contribution in [-0.4, -0.2) is 42.1 Å². The summed E-state index contributed by atoms with van der Waals surface area (Å²) < 4.78 is 0. The number of hydrogen-bond acceptors (Lipinski definition) is 4. The fourth-order valence-corrected chi connectivity index (χ4v) is 4.11. The Hall–Kier alpha value is -4.46. The molecular weight excluding hydrogens is 432 g/mol. The number of hydrogen-bond donors (Lipinski definition) is 4. The fraction of sp³-hybridized carbons (Fsp3) is 0.154.